The molecule has 21 heavy (non-hydrogen) atoms. The summed E-state index contributed by atoms with van der Waals surface area (Å²) < 4.78 is 9.75. The molecule has 0 radical (unpaired) electrons. The van der Waals surface area contributed by atoms with E-state index in [1.807, 2.05) is 0 Å². The van der Waals surface area contributed by atoms with Crippen LogP contribution in [0, 0.1) is 0 Å². The topological polar surface area (TPSA) is 41.5 Å². The van der Waals surface area contributed by atoms with E-state index >= 15 is 0 Å². The summed E-state index contributed by atoms with van der Waals surface area (Å²) in [7, 11) is 1.76. The molecule has 120 valence electrons. The standard InChI is InChI=1S/C15H28N4OS/c1-11-9-18(10-12(2)19(11)7-8-20-6)14-16-13(17-21-14)15(3,4)5/h11-12H,7-10H2,1-6H3. The molecule has 1 aliphatic rings. The van der Waals surface area contributed by atoms with Gasteiger partial charge in [0.25, 0.3) is 0 Å². The Hall–Kier alpha value is -0.720. The Morgan fingerprint density at radius 1 is 1.24 bits per heavy atom. The van der Waals surface area contributed by atoms with Crippen LogP contribution < -0.4 is 4.90 Å². The highest BCUT2D eigenvalue weighted by Crippen LogP contribution is 2.28. The van der Waals surface area contributed by atoms with Gasteiger partial charge in [-0.2, -0.15) is 4.37 Å². The van der Waals surface area contributed by atoms with E-state index in [0.717, 1.165) is 37.2 Å². The molecule has 0 aliphatic carbocycles. The molecule has 0 aromatic carbocycles. The number of aromatic nitrogens is 2. The van der Waals surface area contributed by atoms with E-state index in [4.69, 9.17) is 9.72 Å². The first kappa shape index (κ1) is 16.6. The molecule has 2 unspecified atom stereocenters. The fourth-order valence-electron chi connectivity index (χ4n) is 2.80. The maximum Gasteiger partial charge on any atom is 0.205 e. The highest BCUT2D eigenvalue weighted by atomic mass is 32.1. The number of methoxy groups -OCH3 is 1. The monoisotopic (exact) mass is 312 g/mol. The van der Waals surface area contributed by atoms with E-state index in [1.165, 1.54) is 11.5 Å². The van der Waals surface area contributed by atoms with Crippen molar-refractivity contribution >= 4 is 16.7 Å². The second-order valence-corrected chi connectivity index (χ2v) is 7.71. The Kier molecular flexibility index (Phi) is 5.22. The van der Waals surface area contributed by atoms with Gasteiger partial charge in [-0.25, -0.2) is 4.98 Å². The summed E-state index contributed by atoms with van der Waals surface area (Å²) in [6.07, 6.45) is 0. The molecule has 0 bridgehead atoms. The molecule has 0 spiro atoms. The summed E-state index contributed by atoms with van der Waals surface area (Å²) in [5, 5.41) is 1.06. The van der Waals surface area contributed by atoms with Gasteiger partial charge < -0.3 is 9.64 Å². The zero-order valence-electron chi connectivity index (χ0n) is 14.1. The maximum absolute atomic E-state index is 5.22. The van der Waals surface area contributed by atoms with Crippen molar-refractivity contribution in [1.82, 2.24) is 14.3 Å². The van der Waals surface area contributed by atoms with Crippen LogP contribution in [0.15, 0.2) is 0 Å². The highest BCUT2D eigenvalue weighted by Gasteiger charge is 2.31. The first-order valence-electron chi connectivity index (χ1n) is 7.66. The lowest BCUT2D eigenvalue weighted by atomic mass is 9.96. The van der Waals surface area contributed by atoms with Crippen molar-refractivity contribution in [1.29, 1.82) is 0 Å². The Morgan fingerprint density at radius 3 is 2.33 bits per heavy atom. The van der Waals surface area contributed by atoms with E-state index in [-0.39, 0.29) is 5.41 Å². The van der Waals surface area contributed by atoms with E-state index in [9.17, 15) is 0 Å². The second kappa shape index (κ2) is 6.58. The molecule has 1 aromatic heterocycles. The van der Waals surface area contributed by atoms with Crippen LogP contribution in [0.5, 0.6) is 0 Å². The first-order valence-corrected chi connectivity index (χ1v) is 8.44. The third-order valence-corrected chi connectivity index (χ3v) is 4.79. The van der Waals surface area contributed by atoms with E-state index in [1.54, 1.807) is 7.11 Å². The minimum absolute atomic E-state index is 0.0201. The number of piperazine rings is 1. The van der Waals surface area contributed by atoms with Crippen LogP contribution in [0.25, 0.3) is 0 Å². The van der Waals surface area contributed by atoms with Gasteiger partial charge in [0.2, 0.25) is 5.13 Å². The zero-order valence-corrected chi connectivity index (χ0v) is 14.9. The van der Waals surface area contributed by atoms with Crippen molar-refractivity contribution in [2.75, 3.05) is 38.3 Å². The first-order chi connectivity index (χ1) is 9.82. The average molecular weight is 312 g/mol. The van der Waals surface area contributed by atoms with Crippen molar-refractivity contribution in [2.24, 2.45) is 0 Å². The van der Waals surface area contributed by atoms with Gasteiger partial charge in [-0.3, -0.25) is 4.90 Å². The van der Waals surface area contributed by atoms with Crippen LogP contribution >= 0.6 is 11.5 Å². The molecule has 1 aromatic rings. The molecule has 0 N–H and O–H groups in total. The lowest BCUT2D eigenvalue weighted by molar-refractivity contribution is 0.0846. The largest absolute Gasteiger partial charge is 0.383 e. The van der Waals surface area contributed by atoms with Gasteiger partial charge >= 0.3 is 0 Å². The van der Waals surface area contributed by atoms with Crippen molar-refractivity contribution in [2.45, 2.75) is 52.1 Å². The normalized spacial score (nSPS) is 24.6. The lowest BCUT2D eigenvalue weighted by Gasteiger charge is -2.44. The fourth-order valence-corrected chi connectivity index (χ4v) is 3.67. The summed E-state index contributed by atoms with van der Waals surface area (Å²) in [6, 6.07) is 1.01. The number of nitrogens with zero attached hydrogens (tertiary/aromatic N) is 4. The lowest BCUT2D eigenvalue weighted by Crippen LogP contribution is -2.57. The third-order valence-electron chi connectivity index (χ3n) is 4.01. The van der Waals surface area contributed by atoms with Crippen LogP contribution in [0.1, 0.15) is 40.4 Å². The summed E-state index contributed by atoms with van der Waals surface area (Å²) in [5.74, 6) is 0.949. The summed E-state index contributed by atoms with van der Waals surface area (Å²) in [5.41, 5.74) is 0.0201. The predicted octanol–water partition coefficient (Wildman–Crippen LogP) is 2.38. The fraction of sp³-hybridized carbons (Fsp3) is 0.867. The molecule has 2 atom stereocenters. The quantitative estimate of drug-likeness (QED) is 0.854. The Labute approximate surface area is 132 Å². The van der Waals surface area contributed by atoms with E-state index < -0.39 is 0 Å². The third kappa shape index (κ3) is 3.93. The van der Waals surface area contributed by atoms with E-state index in [0.29, 0.717) is 12.1 Å². The minimum Gasteiger partial charge on any atom is -0.383 e. The molecule has 0 amide bonds. The SMILES string of the molecule is COCCN1C(C)CN(c2nc(C(C)(C)C)ns2)CC1C. The van der Waals surface area contributed by atoms with Gasteiger partial charge in [-0.05, 0) is 13.8 Å². The molecule has 5 nitrogen and oxygen atoms in total. The van der Waals surface area contributed by atoms with Gasteiger partial charge in [0.15, 0.2) is 0 Å². The molecule has 0 saturated carbocycles. The Balaban J connectivity index is 2.05. The molecular formula is C15H28N4OS. The zero-order chi connectivity index (χ0) is 15.6. The number of ether oxygens (including phenoxy) is 1. The number of hydrogen-bond donors (Lipinski definition) is 0. The van der Waals surface area contributed by atoms with Crippen LogP contribution in [-0.4, -0.2) is 59.7 Å². The Bertz CT molecular complexity index is 445. The van der Waals surface area contributed by atoms with E-state index in [2.05, 4.69) is 48.8 Å². The molecule has 1 aliphatic heterocycles. The molecular weight excluding hydrogens is 284 g/mol. The summed E-state index contributed by atoms with van der Waals surface area (Å²) in [4.78, 5) is 9.65. The smallest absolute Gasteiger partial charge is 0.205 e. The molecule has 6 heteroatoms. The maximum atomic E-state index is 5.22. The van der Waals surface area contributed by atoms with Crippen LogP contribution in [0.2, 0.25) is 0 Å². The minimum atomic E-state index is 0.0201. The van der Waals surface area contributed by atoms with Crippen molar-refractivity contribution < 1.29 is 4.74 Å². The summed E-state index contributed by atoms with van der Waals surface area (Å²) in [6.45, 7) is 14.8. The van der Waals surface area contributed by atoms with Gasteiger partial charge in [0.1, 0.15) is 5.82 Å². The van der Waals surface area contributed by atoms with Crippen LogP contribution in [0.3, 0.4) is 0 Å². The molecule has 1 saturated heterocycles. The van der Waals surface area contributed by atoms with Crippen molar-refractivity contribution in [3.8, 4) is 0 Å². The highest BCUT2D eigenvalue weighted by molar-refractivity contribution is 7.09. The van der Waals surface area contributed by atoms with Crippen LogP contribution in [-0.2, 0) is 10.2 Å². The van der Waals surface area contributed by atoms with Gasteiger partial charge in [-0.1, -0.05) is 20.8 Å². The molecule has 2 rings (SSSR count). The van der Waals surface area contributed by atoms with Crippen molar-refractivity contribution in [3.63, 3.8) is 0 Å². The Morgan fingerprint density at radius 2 is 1.86 bits per heavy atom. The molecule has 2 heterocycles. The number of hydrogen-bond acceptors (Lipinski definition) is 6. The predicted molar refractivity (Wildman–Crippen MR) is 88.3 cm³/mol. The van der Waals surface area contributed by atoms with Crippen LogP contribution in [0.4, 0.5) is 5.13 Å². The van der Waals surface area contributed by atoms with Gasteiger partial charge in [0, 0.05) is 55.8 Å². The number of anilines is 1. The van der Waals surface area contributed by atoms with Crippen molar-refractivity contribution in [3.05, 3.63) is 5.82 Å². The van der Waals surface area contributed by atoms with Gasteiger partial charge in [0.05, 0.1) is 6.61 Å². The second-order valence-electron chi connectivity index (χ2n) is 6.98. The average Bonchev–Trinajstić information content (AvgIpc) is 2.87. The molecule has 1 fully saturated rings. The summed E-state index contributed by atoms with van der Waals surface area (Å²) >= 11 is 1.53. The number of rotatable bonds is 4. The van der Waals surface area contributed by atoms with Gasteiger partial charge in [-0.15, -0.1) is 0 Å².